The first-order valence-corrected chi connectivity index (χ1v) is 9.20. The molecule has 0 unspecified atom stereocenters. The number of nitrogens with one attached hydrogen (secondary N) is 1. The van der Waals surface area contributed by atoms with Crippen LogP contribution >= 0.6 is 0 Å². The molecule has 1 heterocycles. The number of fused-ring (bicyclic) bond motifs is 1. The van der Waals surface area contributed by atoms with Crippen LogP contribution in [-0.4, -0.2) is 32.4 Å². The van der Waals surface area contributed by atoms with E-state index in [1.165, 1.54) is 6.07 Å². The Morgan fingerprint density at radius 3 is 2.76 bits per heavy atom. The number of para-hydroxylation sites is 1. The Balaban J connectivity index is 1.71. The van der Waals surface area contributed by atoms with E-state index >= 15 is 0 Å². The molecule has 3 rings (SSSR count). The predicted octanol–water partition coefficient (Wildman–Crippen LogP) is 3.33. The number of hydrogen-bond donors (Lipinski definition) is 1. The van der Waals surface area contributed by atoms with Gasteiger partial charge in [0.25, 0.3) is 10.0 Å². The minimum absolute atomic E-state index is 0.0724. The summed E-state index contributed by atoms with van der Waals surface area (Å²) in [6, 6.07) is 13.3. The molecule has 0 aromatic heterocycles. The van der Waals surface area contributed by atoms with E-state index in [9.17, 15) is 13.2 Å². The summed E-state index contributed by atoms with van der Waals surface area (Å²) in [6.07, 6.45) is 4.11. The zero-order chi connectivity index (χ0) is 17.9. The Bertz CT molecular complexity index is 922. The van der Waals surface area contributed by atoms with Gasteiger partial charge in [-0.15, -0.1) is 0 Å². The third-order valence-electron chi connectivity index (χ3n) is 3.83. The number of methoxy groups -OCH3 is 1. The lowest BCUT2D eigenvalue weighted by molar-refractivity contribution is 0.235. The number of urea groups is 1. The second-order valence-electron chi connectivity index (χ2n) is 5.47. The lowest BCUT2D eigenvalue weighted by atomic mass is 10.2. The smallest absolute Gasteiger partial charge is 0.335 e. The molecule has 0 bridgehead atoms. The van der Waals surface area contributed by atoms with Crippen molar-refractivity contribution < 1.29 is 17.9 Å². The number of carbonyl (C=O) groups excluding carboxylic acids is 1. The van der Waals surface area contributed by atoms with Crippen LogP contribution in [0.15, 0.2) is 59.5 Å². The second kappa shape index (κ2) is 6.98. The molecule has 130 valence electrons. The van der Waals surface area contributed by atoms with E-state index in [1.54, 1.807) is 25.3 Å². The first kappa shape index (κ1) is 17.0. The Hall–Kier alpha value is -2.80. The minimum atomic E-state index is -3.82. The van der Waals surface area contributed by atoms with E-state index in [0.717, 1.165) is 15.6 Å². The van der Waals surface area contributed by atoms with Gasteiger partial charge in [-0.1, -0.05) is 36.4 Å². The third kappa shape index (κ3) is 3.51. The van der Waals surface area contributed by atoms with Crippen LogP contribution in [0.5, 0.6) is 5.75 Å². The van der Waals surface area contributed by atoms with Crippen LogP contribution in [-0.2, 0) is 10.0 Å². The summed E-state index contributed by atoms with van der Waals surface area (Å²) >= 11 is 0. The van der Waals surface area contributed by atoms with Gasteiger partial charge in [0.1, 0.15) is 10.6 Å². The van der Waals surface area contributed by atoms with Gasteiger partial charge < -0.3 is 10.1 Å². The maximum Gasteiger partial charge on any atom is 0.335 e. The fourth-order valence-electron chi connectivity index (χ4n) is 2.58. The quantitative estimate of drug-likeness (QED) is 0.889. The first-order valence-electron chi connectivity index (χ1n) is 7.76. The maximum absolute atomic E-state index is 12.6. The van der Waals surface area contributed by atoms with Crippen molar-refractivity contribution in [1.82, 2.24) is 4.31 Å². The van der Waals surface area contributed by atoms with Crippen LogP contribution in [0.3, 0.4) is 0 Å². The van der Waals surface area contributed by atoms with Crippen molar-refractivity contribution in [3.05, 3.63) is 60.2 Å². The third-order valence-corrected chi connectivity index (χ3v) is 5.67. The number of benzene rings is 2. The molecule has 0 saturated heterocycles. The minimum Gasteiger partial charge on any atom is -0.497 e. The van der Waals surface area contributed by atoms with Gasteiger partial charge >= 0.3 is 6.03 Å². The Morgan fingerprint density at radius 2 is 1.96 bits per heavy atom. The molecule has 1 aliphatic rings. The summed E-state index contributed by atoms with van der Waals surface area (Å²) < 4.78 is 31.2. The van der Waals surface area contributed by atoms with Gasteiger partial charge in [-0.2, -0.15) is 0 Å². The number of anilines is 1. The van der Waals surface area contributed by atoms with E-state index in [0.29, 0.717) is 12.1 Å². The molecule has 1 aliphatic heterocycles. The number of rotatable bonds is 5. The number of carbonyl (C=O) groups is 1. The molecule has 0 fully saturated rings. The van der Waals surface area contributed by atoms with Gasteiger partial charge in [0.05, 0.1) is 12.8 Å². The number of hydrogen-bond acceptors (Lipinski definition) is 4. The normalized spacial score (nSPS) is 15.7. The molecule has 1 N–H and O–H groups in total. The highest BCUT2D eigenvalue weighted by molar-refractivity contribution is 7.90. The first-order chi connectivity index (χ1) is 12.0. The molecule has 2 aromatic carbocycles. The monoisotopic (exact) mass is 358 g/mol. The molecule has 6 nitrogen and oxygen atoms in total. The van der Waals surface area contributed by atoms with Crippen molar-refractivity contribution in [3.8, 4) is 5.75 Å². The summed E-state index contributed by atoms with van der Waals surface area (Å²) in [5.41, 5.74) is 1.26. The Morgan fingerprint density at radius 1 is 1.16 bits per heavy atom. The molecular formula is C18H18N2O4S. The van der Waals surface area contributed by atoms with Crippen LogP contribution in [0.25, 0.3) is 6.08 Å². The number of nitrogens with zero attached hydrogens (tertiary/aromatic N) is 1. The average molecular weight is 358 g/mol. The van der Waals surface area contributed by atoms with E-state index in [1.807, 2.05) is 36.4 Å². The molecule has 0 atom stereocenters. The number of ether oxygens (including phenoxy) is 1. The van der Waals surface area contributed by atoms with Crippen LogP contribution in [0.4, 0.5) is 10.5 Å². The van der Waals surface area contributed by atoms with E-state index in [-0.39, 0.29) is 11.4 Å². The lowest BCUT2D eigenvalue weighted by Crippen LogP contribution is -2.44. The van der Waals surface area contributed by atoms with Gasteiger partial charge in [-0.05, 0) is 36.2 Å². The molecular weight excluding hydrogens is 340 g/mol. The zero-order valence-electron chi connectivity index (χ0n) is 13.7. The fourth-order valence-corrected chi connectivity index (χ4v) is 4.07. The number of amides is 2. The zero-order valence-corrected chi connectivity index (χ0v) is 14.5. The molecule has 0 radical (unpaired) electrons. The fraction of sp³-hybridized carbons (Fsp3) is 0.167. The van der Waals surface area contributed by atoms with E-state index < -0.39 is 16.1 Å². The highest BCUT2D eigenvalue weighted by Crippen LogP contribution is 2.29. The van der Waals surface area contributed by atoms with Gasteiger partial charge in [0.2, 0.25) is 0 Å². The van der Waals surface area contributed by atoms with Gasteiger partial charge in [-0.25, -0.2) is 17.5 Å². The molecule has 0 aliphatic carbocycles. The van der Waals surface area contributed by atoms with Crippen molar-refractivity contribution in [2.75, 3.05) is 19.0 Å². The van der Waals surface area contributed by atoms with E-state index in [4.69, 9.17) is 4.74 Å². The predicted molar refractivity (Wildman–Crippen MR) is 96.0 cm³/mol. The lowest BCUT2D eigenvalue weighted by Gasteiger charge is -2.28. The standard InChI is InChI=1S/C18H18N2O4S/c1-24-15-9-6-8-14(13-15)7-4-5-12-20-18(21)19-16-10-2-3-11-17(16)25(20,22)23/h2-4,6-11,13H,5,12H2,1H3,(H,19,21)/b7-4+. The summed E-state index contributed by atoms with van der Waals surface area (Å²) in [5, 5.41) is 2.61. The van der Waals surface area contributed by atoms with Gasteiger partial charge in [0.15, 0.2) is 0 Å². The van der Waals surface area contributed by atoms with Crippen molar-refractivity contribution in [3.63, 3.8) is 0 Å². The molecule has 0 spiro atoms. The molecule has 2 amide bonds. The Kier molecular flexibility index (Phi) is 4.76. The van der Waals surface area contributed by atoms with Crippen LogP contribution in [0.2, 0.25) is 0 Å². The van der Waals surface area contributed by atoms with Crippen molar-refractivity contribution in [1.29, 1.82) is 0 Å². The van der Waals surface area contributed by atoms with Crippen LogP contribution in [0, 0.1) is 0 Å². The topological polar surface area (TPSA) is 75.7 Å². The summed E-state index contributed by atoms with van der Waals surface area (Å²) in [7, 11) is -2.22. The molecule has 7 heteroatoms. The van der Waals surface area contributed by atoms with Gasteiger partial charge in [0, 0.05) is 6.54 Å². The van der Waals surface area contributed by atoms with Crippen molar-refractivity contribution in [2.24, 2.45) is 0 Å². The largest absolute Gasteiger partial charge is 0.497 e. The molecule has 25 heavy (non-hydrogen) atoms. The van der Waals surface area contributed by atoms with Crippen LogP contribution in [0.1, 0.15) is 12.0 Å². The molecule has 2 aromatic rings. The SMILES string of the molecule is COc1cccc(/C=C/CCN2C(=O)Nc3ccccc3S2(=O)=O)c1. The Labute approximate surface area is 146 Å². The second-order valence-corrected chi connectivity index (χ2v) is 7.30. The summed E-state index contributed by atoms with van der Waals surface area (Å²) in [6.45, 7) is 0.0724. The highest BCUT2D eigenvalue weighted by atomic mass is 32.2. The highest BCUT2D eigenvalue weighted by Gasteiger charge is 2.35. The van der Waals surface area contributed by atoms with Crippen LogP contribution < -0.4 is 10.1 Å². The summed E-state index contributed by atoms with van der Waals surface area (Å²) in [4.78, 5) is 12.2. The van der Waals surface area contributed by atoms with E-state index in [2.05, 4.69) is 5.32 Å². The average Bonchev–Trinajstić information content (AvgIpc) is 2.61. The van der Waals surface area contributed by atoms with Crippen molar-refractivity contribution in [2.45, 2.75) is 11.3 Å². The molecule has 0 saturated carbocycles. The maximum atomic E-state index is 12.6. The summed E-state index contributed by atoms with van der Waals surface area (Å²) in [5.74, 6) is 0.747. The number of sulfonamides is 1. The van der Waals surface area contributed by atoms with Gasteiger partial charge in [-0.3, -0.25) is 0 Å². The van der Waals surface area contributed by atoms with Crippen molar-refractivity contribution >= 4 is 27.8 Å².